The standard InChI is InChI=1S/C14H22ClN3O/c1-10(2)19-14-8-13(16-9-17-14)18(3)12-7-5-4-6-11(12)15/h8-12H,4-7H2,1-3H3. The number of anilines is 1. The average molecular weight is 284 g/mol. The smallest absolute Gasteiger partial charge is 0.218 e. The van der Waals surface area contributed by atoms with Gasteiger partial charge in [-0.1, -0.05) is 12.8 Å². The van der Waals surface area contributed by atoms with Crippen molar-refractivity contribution < 1.29 is 4.74 Å². The first-order valence-corrected chi connectivity index (χ1v) is 7.37. The number of hydrogen-bond donors (Lipinski definition) is 0. The van der Waals surface area contributed by atoms with Crippen molar-refractivity contribution in [3.05, 3.63) is 12.4 Å². The summed E-state index contributed by atoms with van der Waals surface area (Å²) in [6.45, 7) is 3.98. The lowest BCUT2D eigenvalue weighted by atomic mass is 9.94. The third-order valence-electron chi connectivity index (χ3n) is 3.49. The molecule has 0 saturated heterocycles. The quantitative estimate of drug-likeness (QED) is 0.795. The van der Waals surface area contributed by atoms with Crippen molar-refractivity contribution >= 4 is 17.4 Å². The fourth-order valence-corrected chi connectivity index (χ4v) is 2.95. The van der Waals surface area contributed by atoms with Gasteiger partial charge in [0.05, 0.1) is 11.5 Å². The summed E-state index contributed by atoms with van der Waals surface area (Å²) in [5.74, 6) is 1.50. The Balaban J connectivity index is 2.11. The van der Waals surface area contributed by atoms with Crippen molar-refractivity contribution in [2.45, 2.75) is 57.1 Å². The third kappa shape index (κ3) is 3.72. The second-order valence-corrected chi connectivity index (χ2v) is 5.92. The van der Waals surface area contributed by atoms with Crippen molar-refractivity contribution in [2.24, 2.45) is 0 Å². The van der Waals surface area contributed by atoms with Gasteiger partial charge in [0.15, 0.2) is 0 Å². The summed E-state index contributed by atoms with van der Waals surface area (Å²) in [6, 6.07) is 2.23. The molecule has 1 saturated carbocycles. The maximum Gasteiger partial charge on any atom is 0.218 e. The summed E-state index contributed by atoms with van der Waals surface area (Å²) in [7, 11) is 2.05. The molecule has 0 N–H and O–H groups in total. The van der Waals surface area contributed by atoms with Crippen LogP contribution in [0.5, 0.6) is 5.88 Å². The Kier molecular flexibility index (Phi) is 4.86. The molecule has 2 atom stereocenters. The molecule has 0 radical (unpaired) electrons. The highest BCUT2D eigenvalue weighted by Crippen LogP contribution is 2.29. The minimum absolute atomic E-state index is 0.114. The molecule has 0 aliphatic heterocycles. The first-order chi connectivity index (χ1) is 9.08. The number of alkyl halides is 1. The largest absolute Gasteiger partial charge is 0.475 e. The Morgan fingerprint density at radius 2 is 2.05 bits per heavy atom. The van der Waals surface area contributed by atoms with Crippen LogP contribution in [0.1, 0.15) is 39.5 Å². The van der Waals surface area contributed by atoms with Crippen LogP contribution in [0.2, 0.25) is 0 Å². The van der Waals surface area contributed by atoms with E-state index >= 15 is 0 Å². The van der Waals surface area contributed by atoms with Crippen molar-refractivity contribution in [3.8, 4) is 5.88 Å². The summed E-state index contributed by atoms with van der Waals surface area (Å²) in [4.78, 5) is 10.6. The Labute approximate surface area is 120 Å². The summed E-state index contributed by atoms with van der Waals surface area (Å²) in [6.07, 6.45) is 6.33. The summed E-state index contributed by atoms with van der Waals surface area (Å²) in [5.41, 5.74) is 0. The SMILES string of the molecule is CC(C)Oc1cc(N(C)C2CCCCC2Cl)ncn1. The molecule has 1 heterocycles. The van der Waals surface area contributed by atoms with E-state index in [0.717, 1.165) is 18.7 Å². The highest BCUT2D eigenvalue weighted by Gasteiger charge is 2.27. The molecule has 106 valence electrons. The zero-order valence-corrected chi connectivity index (χ0v) is 12.6. The van der Waals surface area contributed by atoms with Gasteiger partial charge in [0.2, 0.25) is 5.88 Å². The van der Waals surface area contributed by atoms with Gasteiger partial charge in [0.25, 0.3) is 0 Å². The number of hydrogen-bond acceptors (Lipinski definition) is 4. The predicted molar refractivity (Wildman–Crippen MR) is 78.1 cm³/mol. The third-order valence-corrected chi connectivity index (χ3v) is 4.00. The molecule has 5 heteroatoms. The monoisotopic (exact) mass is 283 g/mol. The van der Waals surface area contributed by atoms with Gasteiger partial charge in [0, 0.05) is 19.2 Å². The van der Waals surface area contributed by atoms with Gasteiger partial charge in [0.1, 0.15) is 12.1 Å². The van der Waals surface area contributed by atoms with E-state index in [2.05, 4.69) is 14.9 Å². The Morgan fingerprint density at radius 1 is 1.32 bits per heavy atom. The van der Waals surface area contributed by atoms with E-state index in [4.69, 9.17) is 16.3 Å². The van der Waals surface area contributed by atoms with E-state index in [-0.39, 0.29) is 11.5 Å². The number of rotatable bonds is 4. The van der Waals surface area contributed by atoms with Crippen LogP contribution in [-0.2, 0) is 0 Å². The Morgan fingerprint density at radius 3 is 2.74 bits per heavy atom. The zero-order chi connectivity index (χ0) is 13.8. The van der Waals surface area contributed by atoms with Crippen LogP contribution in [0, 0.1) is 0 Å². The Bertz CT molecular complexity index is 413. The maximum atomic E-state index is 6.44. The molecule has 1 aliphatic carbocycles. The van der Waals surface area contributed by atoms with Crippen LogP contribution in [0.4, 0.5) is 5.82 Å². The van der Waals surface area contributed by atoms with Crippen molar-refractivity contribution in [1.29, 1.82) is 0 Å². The molecule has 2 unspecified atom stereocenters. The highest BCUT2D eigenvalue weighted by molar-refractivity contribution is 6.21. The van der Waals surface area contributed by atoms with E-state index in [1.54, 1.807) is 6.33 Å². The second-order valence-electron chi connectivity index (χ2n) is 5.36. The topological polar surface area (TPSA) is 38.2 Å². The zero-order valence-electron chi connectivity index (χ0n) is 11.8. The molecule has 19 heavy (non-hydrogen) atoms. The minimum atomic E-state index is 0.114. The first-order valence-electron chi connectivity index (χ1n) is 6.93. The lowest BCUT2D eigenvalue weighted by Crippen LogP contribution is -2.41. The van der Waals surface area contributed by atoms with Gasteiger partial charge in [-0.25, -0.2) is 9.97 Å². The average Bonchev–Trinajstić information content (AvgIpc) is 2.38. The number of halogens is 1. The number of aromatic nitrogens is 2. The van der Waals surface area contributed by atoms with E-state index in [1.165, 1.54) is 12.8 Å². The molecular formula is C14H22ClN3O. The lowest BCUT2D eigenvalue weighted by Gasteiger charge is -2.35. The van der Waals surface area contributed by atoms with E-state index in [1.807, 2.05) is 27.0 Å². The highest BCUT2D eigenvalue weighted by atomic mass is 35.5. The summed E-state index contributed by atoms with van der Waals surface area (Å²) in [5, 5.41) is 0.197. The number of nitrogens with zero attached hydrogens (tertiary/aromatic N) is 3. The van der Waals surface area contributed by atoms with Crippen LogP contribution in [-0.4, -0.2) is 34.5 Å². The minimum Gasteiger partial charge on any atom is -0.475 e. The Hall–Kier alpha value is -1.03. The molecule has 0 spiro atoms. The fourth-order valence-electron chi connectivity index (χ4n) is 2.50. The van der Waals surface area contributed by atoms with Crippen molar-refractivity contribution in [1.82, 2.24) is 9.97 Å². The normalized spacial score (nSPS) is 23.4. The molecule has 1 aliphatic rings. The van der Waals surface area contributed by atoms with Gasteiger partial charge in [-0.05, 0) is 26.7 Å². The van der Waals surface area contributed by atoms with Crippen LogP contribution < -0.4 is 9.64 Å². The molecule has 1 aromatic heterocycles. The molecular weight excluding hydrogens is 262 g/mol. The molecule has 0 aromatic carbocycles. The summed E-state index contributed by atoms with van der Waals surface area (Å²) >= 11 is 6.44. The van der Waals surface area contributed by atoms with Crippen LogP contribution in [0.25, 0.3) is 0 Å². The van der Waals surface area contributed by atoms with E-state index < -0.39 is 0 Å². The van der Waals surface area contributed by atoms with Crippen LogP contribution in [0.3, 0.4) is 0 Å². The molecule has 1 fully saturated rings. The molecule has 0 bridgehead atoms. The number of ether oxygens (including phenoxy) is 1. The molecule has 1 aromatic rings. The second kappa shape index (κ2) is 6.42. The van der Waals surface area contributed by atoms with E-state index in [9.17, 15) is 0 Å². The maximum absolute atomic E-state index is 6.44. The first kappa shape index (κ1) is 14.4. The van der Waals surface area contributed by atoms with Crippen molar-refractivity contribution in [3.63, 3.8) is 0 Å². The summed E-state index contributed by atoms with van der Waals surface area (Å²) < 4.78 is 5.61. The molecule has 4 nitrogen and oxygen atoms in total. The van der Waals surface area contributed by atoms with Gasteiger partial charge in [-0.2, -0.15) is 0 Å². The lowest BCUT2D eigenvalue weighted by molar-refractivity contribution is 0.232. The van der Waals surface area contributed by atoms with Crippen molar-refractivity contribution in [2.75, 3.05) is 11.9 Å². The van der Waals surface area contributed by atoms with Gasteiger partial charge >= 0.3 is 0 Å². The van der Waals surface area contributed by atoms with Gasteiger partial charge in [-0.15, -0.1) is 11.6 Å². The van der Waals surface area contributed by atoms with Gasteiger partial charge in [-0.3, -0.25) is 0 Å². The van der Waals surface area contributed by atoms with Gasteiger partial charge < -0.3 is 9.64 Å². The fraction of sp³-hybridized carbons (Fsp3) is 0.714. The van der Waals surface area contributed by atoms with Crippen LogP contribution >= 0.6 is 11.6 Å². The van der Waals surface area contributed by atoms with E-state index in [0.29, 0.717) is 11.9 Å². The molecule has 0 amide bonds. The van der Waals surface area contributed by atoms with Crippen LogP contribution in [0.15, 0.2) is 12.4 Å². The molecule has 2 rings (SSSR count). The predicted octanol–water partition coefficient (Wildman–Crippen LogP) is 3.25.